The van der Waals surface area contributed by atoms with Crippen LogP contribution in [0.5, 0.6) is 0 Å². The Labute approximate surface area is 138 Å². The van der Waals surface area contributed by atoms with E-state index >= 15 is 0 Å². The molecular weight excluding hydrogens is 290 g/mol. The zero-order valence-electron chi connectivity index (χ0n) is 14.6. The second kappa shape index (κ2) is 7.13. The maximum absolute atomic E-state index is 12.6. The Morgan fingerprint density at radius 2 is 1.78 bits per heavy atom. The first-order chi connectivity index (χ1) is 10.8. The van der Waals surface area contributed by atoms with Gasteiger partial charge < -0.3 is 15.1 Å². The molecule has 1 N–H and O–H groups in total. The van der Waals surface area contributed by atoms with Crippen LogP contribution in [0, 0.1) is 5.41 Å². The molecule has 126 valence electrons. The minimum Gasteiger partial charge on any atom is -0.336 e. The fraction of sp³-hybridized carbons (Fsp3) is 0.556. The van der Waals surface area contributed by atoms with Crippen molar-refractivity contribution in [3.8, 4) is 0 Å². The van der Waals surface area contributed by atoms with Crippen LogP contribution in [0.25, 0.3) is 0 Å². The molecule has 0 spiro atoms. The van der Waals surface area contributed by atoms with Gasteiger partial charge in [0.25, 0.3) is 5.91 Å². The summed E-state index contributed by atoms with van der Waals surface area (Å²) in [7, 11) is 0. The van der Waals surface area contributed by atoms with Gasteiger partial charge in [-0.15, -0.1) is 0 Å². The number of carbonyl (C=O) groups is 2. The van der Waals surface area contributed by atoms with E-state index in [0.717, 1.165) is 32.7 Å². The topological polar surface area (TPSA) is 52.6 Å². The molecule has 2 amide bonds. The number of piperazine rings is 1. The fourth-order valence-corrected chi connectivity index (χ4v) is 2.50. The third-order valence-corrected chi connectivity index (χ3v) is 4.16. The zero-order valence-corrected chi connectivity index (χ0v) is 14.6. The van der Waals surface area contributed by atoms with Crippen molar-refractivity contribution in [2.45, 2.75) is 27.7 Å². The molecule has 1 aliphatic heterocycles. The smallest absolute Gasteiger partial charge is 0.254 e. The van der Waals surface area contributed by atoms with E-state index in [1.165, 1.54) is 0 Å². The van der Waals surface area contributed by atoms with Gasteiger partial charge in [-0.05, 0) is 24.7 Å². The predicted octanol–water partition coefficient (Wildman–Crippen LogP) is 2.45. The Hall–Kier alpha value is -1.88. The normalized spacial score (nSPS) is 16.3. The second-order valence-electron chi connectivity index (χ2n) is 7.01. The molecule has 23 heavy (non-hydrogen) atoms. The van der Waals surface area contributed by atoms with Crippen molar-refractivity contribution in [2.24, 2.45) is 5.41 Å². The van der Waals surface area contributed by atoms with E-state index in [9.17, 15) is 9.59 Å². The van der Waals surface area contributed by atoms with Crippen LogP contribution in [0.15, 0.2) is 24.3 Å². The van der Waals surface area contributed by atoms with Crippen LogP contribution in [0.3, 0.4) is 0 Å². The average molecular weight is 317 g/mol. The van der Waals surface area contributed by atoms with Gasteiger partial charge in [0.2, 0.25) is 5.91 Å². The fourth-order valence-electron chi connectivity index (χ4n) is 2.50. The number of benzene rings is 1. The Morgan fingerprint density at radius 1 is 1.13 bits per heavy atom. The Bertz CT molecular complexity index is 570. The first-order valence-corrected chi connectivity index (χ1v) is 8.24. The third-order valence-electron chi connectivity index (χ3n) is 4.16. The Balaban J connectivity index is 2.05. The highest BCUT2D eigenvalue weighted by Gasteiger charge is 2.23. The van der Waals surface area contributed by atoms with Crippen LogP contribution in [-0.2, 0) is 4.79 Å². The first-order valence-electron chi connectivity index (χ1n) is 8.24. The lowest BCUT2D eigenvalue weighted by Gasteiger charge is -2.34. The monoisotopic (exact) mass is 317 g/mol. The molecule has 0 bridgehead atoms. The predicted molar refractivity (Wildman–Crippen MR) is 92.5 cm³/mol. The molecule has 0 unspecified atom stereocenters. The van der Waals surface area contributed by atoms with E-state index in [2.05, 4.69) is 17.1 Å². The number of amides is 2. The largest absolute Gasteiger partial charge is 0.336 e. The maximum atomic E-state index is 12.6. The number of hydrogen-bond acceptors (Lipinski definition) is 3. The molecule has 1 aromatic carbocycles. The van der Waals surface area contributed by atoms with Crippen molar-refractivity contribution in [3.05, 3.63) is 29.8 Å². The summed E-state index contributed by atoms with van der Waals surface area (Å²) in [4.78, 5) is 28.9. The number of anilines is 1. The number of nitrogens with zero attached hydrogens (tertiary/aromatic N) is 2. The van der Waals surface area contributed by atoms with Gasteiger partial charge in [0.05, 0.1) is 0 Å². The first kappa shape index (κ1) is 17.5. The SMILES string of the molecule is CCN1CCN(C(=O)c2cccc(NC(=O)C(C)(C)C)c2)CC1. The molecule has 5 nitrogen and oxygen atoms in total. The molecule has 1 saturated heterocycles. The Kier molecular flexibility index (Phi) is 5.42. The summed E-state index contributed by atoms with van der Waals surface area (Å²) in [5, 5.41) is 2.88. The number of hydrogen-bond donors (Lipinski definition) is 1. The number of carbonyl (C=O) groups excluding carboxylic acids is 2. The van der Waals surface area contributed by atoms with Gasteiger partial charge in [-0.2, -0.15) is 0 Å². The minimum absolute atomic E-state index is 0.0348. The van der Waals surface area contributed by atoms with Gasteiger partial charge in [-0.1, -0.05) is 33.8 Å². The molecule has 1 aromatic rings. The zero-order chi connectivity index (χ0) is 17.0. The van der Waals surface area contributed by atoms with E-state index in [0.29, 0.717) is 11.3 Å². The summed E-state index contributed by atoms with van der Waals surface area (Å²) in [6, 6.07) is 7.20. The van der Waals surface area contributed by atoms with Crippen molar-refractivity contribution in [1.29, 1.82) is 0 Å². The molecule has 0 radical (unpaired) electrons. The van der Waals surface area contributed by atoms with E-state index in [1.54, 1.807) is 12.1 Å². The number of nitrogens with one attached hydrogen (secondary N) is 1. The van der Waals surface area contributed by atoms with Crippen LogP contribution in [-0.4, -0.2) is 54.3 Å². The molecule has 0 atom stereocenters. The van der Waals surface area contributed by atoms with Crippen LogP contribution in [0.2, 0.25) is 0 Å². The highest BCUT2D eigenvalue weighted by molar-refractivity contribution is 5.98. The molecule has 0 aromatic heterocycles. The van der Waals surface area contributed by atoms with Crippen LogP contribution in [0.1, 0.15) is 38.1 Å². The minimum atomic E-state index is -0.462. The number of likely N-dealkylation sites (N-methyl/N-ethyl adjacent to an activating group) is 1. The summed E-state index contributed by atoms with van der Waals surface area (Å²) in [6.45, 7) is 12.1. The number of rotatable bonds is 3. The van der Waals surface area contributed by atoms with Gasteiger partial charge in [-0.3, -0.25) is 9.59 Å². The van der Waals surface area contributed by atoms with Gasteiger partial charge in [0.1, 0.15) is 0 Å². The lowest BCUT2D eigenvalue weighted by Crippen LogP contribution is -2.48. The standard InChI is InChI=1S/C18H27N3O2/c1-5-20-9-11-21(12-10-20)16(22)14-7-6-8-15(13-14)19-17(23)18(2,3)4/h6-8,13H,5,9-12H2,1-4H3,(H,19,23). The third kappa shape index (κ3) is 4.55. The molecule has 0 aliphatic carbocycles. The van der Waals surface area contributed by atoms with Crippen molar-refractivity contribution in [1.82, 2.24) is 9.80 Å². The molecule has 1 heterocycles. The molecular formula is C18H27N3O2. The molecule has 1 fully saturated rings. The summed E-state index contributed by atoms with van der Waals surface area (Å²) in [5.74, 6) is -0.0220. The highest BCUT2D eigenvalue weighted by Crippen LogP contribution is 2.19. The quantitative estimate of drug-likeness (QED) is 0.931. The maximum Gasteiger partial charge on any atom is 0.254 e. The summed E-state index contributed by atoms with van der Waals surface area (Å²) in [5.41, 5.74) is 0.834. The lowest BCUT2D eigenvalue weighted by molar-refractivity contribution is -0.123. The van der Waals surface area contributed by atoms with E-state index in [1.807, 2.05) is 37.8 Å². The lowest BCUT2D eigenvalue weighted by atomic mass is 9.95. The van der Waals surface area contributed by atoms with Crippen LogP contribution in [0.4, 0.5) is 5.69 Å². The van der Waals surface area contributed by atoms with E-state index in [4.69, 9.17) is 0 Å². The van der Waals surface area contributed by atoms with Crippen molar-refractivity contribution in [2.75, 3.05) is 38.0 Å². The van der Waals surface area contributed by atoms with Gasteiger partial charge in [-0.25, -0.2) is 0 Å². The second-order valence-corrected chi connectivity index (χ2v) is 7.01. The molecule has 2 rings (SSSR count). The molecule has 0 saturated carbocycles. The Morgan fingerprint density at radius 3 is 2.35 bits per heavy atom. The highest BCUT2D eigenvalue weighted by atomic mass is 16.2. The van der Waals surface area contributed by atoms with Crippen molar-refractivity contribution in [3.63, 3.8) is 0 Å². The summed E-state index contributed by atoms with van der Waals surface area (Å²) < 4.78 is 0. The van der Waals surface area contributed by atoms with Crippen molar-refractivity contribution < 1.29 is 9.59 Å². The molecule has 1 aliphatic rings. The van der Waals surface area contributed by atoms with Crippen LogP contribution < -0.4 is 5.32 Å². The summed E-state index contributed by atoms with van der Waals surface area (Å²) in [6.07, 6.45) is 0. The van der Waals surface area contributed by atoms with Crippen LogP contribution >= 0.6 is 0 Å². The van der Waals surface area contributed by atoms with Gasteiger partial charge >= 0.3 is 0 Å². The van der Waals surface area contributed by atoms with Crippen molar-refractivity contribution >= 4 is 17.5 Å². The van der Waals surface area contributed by atoms with Gasteiger partial charge in [0, 0.05) is 42.8 Å². The van der Waals surface area contributed by atoms with E-state index < -0.39 is 5.41 Å². The molecule has 5 heteroatoms. The average Bonchev–Trinajstić information content (AvgIpc) is 2.53. The van der Waals surface area contributed by atoms with E-state index in [-0.39, 0.29) is 11.8 Å². The van der Waals surface area contributed by atoms with Gasteiger partial charge in [0.15, 0.2) is 0 Å². The summed E-state index contributed by atoms with van der Waals surface area (Å²) >= 11 is 0.